The third-order valence-electron chi connectivity index (χ3n) is 4.97. The molecule has 0 saturated heterocycles. The second-order valence-corrected chi connectivity index (χ2v) is 6.69. The third kappa shape index (κ3) is 3.47. The first-order valence-electron chi connectivity index (χ1n) is 9.09. The van der Waals surface area contributed by atoms with Crippen LogP contribution in [-0.4, -0.2) is 5.91 Å². The molecule has 1 atom stereocenters. The van der Waals surface area contributed by atoms with E-state index in [4.69, 9.17) is 0 Å². The van der Waals surface area contributed by atoms with Crippen LogP contribution in [0.1, 0.15) is 17.5 Å². The average molecular weight is 342 g/mol. The Bertz CT molecular complexity index is 837. The third-order valence-corrected chi connectivity index (χ3v) is 4.97. The van der Waals surface area contributed by atoms with Crippen LogP contribution in [0.15, 0.2) is 84.9 Å². The van der Waals surface area contributed by atoms with Crippen molar-refractivity contribution >= 4 is 17.3 Å². The van der Waals surface area contributed by atoms with E-state index >= 15 is 0 Å². The van der Waals surface area contributed by atoms with Crippen molar-refractivity contribution < 1.29 is 4.79 Å². The molecule has 130 valence electrons. The molecule has 3 heteroatoms. The van der Waals surface area contributed by atoms with E-state index in [2.05, 4.69) is 29.7 Å². The van der Waals surface area contributed by atoms with Gasteiger partial charge in [-0.15, -0.1) is 0 Å². The average Bonchev–Trinajstić information content (AvgIpc) is 2.72. The van der Waals surface area contributed by atoms with Gasteiger partial charge in [0.1, 0.15) is 0 Å². The summed E-state index contributed by atoms with van der Waals surface area (Å²) >= 11 is 0. The Labute approximate surface area is 154 Å². The maximum Gasteiger partial charge on any atom is 0.242 e. The number of rotatable bonds is 4. The molecule has 1 amide bonds. The van der Waals surface area contributed by atoms with E-state index < -0.39 is 0 Å². The highest BCUT2D eigenvalue weighted by molar-refractivity contribution is 5.83. The topological polar surface area (TPSA) is 32.3 Å². The number of nitrogens with one attached hydrogen (secondary N) is 1. The van der Waals surface area contributed by atoms with Gasteiger partial charge in [0.15, 0.2) is 0 Å². The molecule has 0 radical (unpaired) electrons. The van der Waals surface area contributed by atoms with Crippen LogP contribution in [0.5, 0.6) is 0 Å². The second kappa shape index (κ2) is 7.44. The van der Waals surface area contributed by atoms with Crippen LogP contribution in [0.4, 0.5) is 11.4 Å². The summed E-state index contributed by atoms with van der Waals surface area (Å²) in [7, 11) is 0. The molecule has 26 heavy (non-hydrogen) atoms. The van der Waals surface area contributed by atoms with Gasteiger partial charge in [0.05, 0.1) is 11.4 Å². The molecule has 1 N–H and O–H groups in total. The summed E-state index contributed by atoms with van der Waals surface area (Å²) in [5.74, 6) is 0.0760. The Hall–Kier alpha value is -3.07. The molecule has 0 spiro atoms. The molecule has 0 bridgehead atoms. The molecule has 1 unspecified atom stereocenters. The molecule has 1 aliphatic rings. The highest BCUT2D eigenvalue weighted by atomic mass is 16.2. The molecule has 3 nitrogen and oxygen atoms in total. The Balaban J connectivity index is 1.56. The molecule has 0 heterocycles. The van der Waals surface area contributed by atoms with Crippen molar-refractivity contribution in [3.63, 3.8) is 0 Å². The van der Waals surface area contributed by atoms with Crippen molar-refractivity contribution in [3.05, 3.63) is 96.1 Å². The van der Waals surface area contributed by atoms with Crippen LogP contribution in [0.3, 0.4) is 0 Å². The number of para-hydroxylation sites is 2. The van der Waals surface area contributed by atoms with E-state index in [1.807, 2.05) is 65.7 Å². The first-order chi connectivity index (χ1) is 12.8. The van der Waals surface area contributed by atoms with Gasteiger partial charge >= 0.3 is 0 Å². The predicted octanol–water partition coefficient (Wildman–Crippen LogP) is 4.66. The van der Waals surface area contributed by atoms with Gasteiger partial charge in [-0.25, -0.2) is 0 Å². The van der Waals surface area contributed by atoms with Crippen LogP contribution in [0.2, 0.25) is 0 Å². The lowest BCUT2D eigenvalue weighted by molar-refractivity contribution is -0.125. The first kappa shape index (κ1) is 16.4. The summed E-state index contributed by atoms with van der Waals surface area (Å²) in [6.45, 7) is 0. The lowest BCUT2D eigenvalue weighted by atomic mass is 9.83. The highest BCUT2D eigenvalue weighted by Crippen LogP contribution is 2.27. The Morgan fingerprint density at radius 2 is 1.31 bits per heavy atom. The number of benzene rings is 3. The standard InChI is InChI=1S/C23H22N2O/c26-23(20-16-15-18-9-7-8-10-19(18)17-20)24-25(21-11-3-1-4-12-21)22-13-5-2-6-14-22/h1-14,20H,15-17H2,(H,24,26). The van der Waals surface area contributed by atoms with Gasteiger partial charge < -0.3 is 0 Å². The zero-order valence-electron chi connectivity index (χ0n) is 14.6. The van der Waals surface area contributed by atoms with Crippen LogP contribution in [-0.2, 0) is 17.6 Å². The largest absolute Gasteiger partial charge is 0.273 e. The summed E-state index contributed by atoms with van der Waals surface area (Å²) in [5, 5.41) is 1.88. The fourth-order valence-corrected chi connectivity index (χ4v) is 3.56. The van der Waals surface area contributed by atoms with Crippen molar-refractivity contribution in [2.24, 2.45) is 5.92 Å². The number of carbonyl (C=O) groups is 1. The summed E-state index contributed by atoms with van der Waals surface area (Å²) < 4.78 is 0. The van der Waals surface area contributed by atoms with Gasteiger partial charge in [0.25, 0.3) is 0 Å². The molecular weight excluding hydrogens is 320 g/mol. The SMILES string of the molecule is O=C(NN(c1ccccc1)c1ccccc1)C1CCc2ccccc2C1. The first-order valence-corrected chi connectivity index (χ1v) is 9.09. The lowest BCUT2D eigenvalue weighted by Gasteiger charge is -2.29. The molecule has 1 aliphatic carbocycles. The minimum atomic E-state index is -0.000163. The van der Waals surface area contributed by atoms with Crippen molar-refractivity contribution in [3.8, 4) is 0 Å². The summed E-state index contributed by atoms with van der Waals surface area (Å²) in [6.07, 6.45) is 2.66. The van der Waals surface area contributed by atoms with Gasteiger partial charge in [-0.1, -0.05) is 60.7 Å². The second-order valence-electron chi connectivity index (χ2n) is 6.69. The highest BCUT2D eigenvalue weighted by Gasteiger charge is 2.26. The molecule has 4 rings (SSSR count). The monoisotopic (exact) mass is 342 g/mol. The van der Waals surface area contributed by atoms with E-state index in [9.17, 15) is 4.79 Å². The molecular formula is C23H22N2O. The summed E-state index contributed by atoms with van der Waals surface area (Å²) in [6, 6.07) is 28.3. The fourth-order valence-electron chi connectivity index (χ4n) is 3.56. The Morgan fingerprint density at radius 1 is 0.769 bits per heavy atom. The number of hydrazine groups is 1. The fraction of sp³-hybridized carbons (Fsp3) is 0.174. The zero-order chi connectivity index (χ0) is 17.8. The van der Waals surface area contributed by atoms with E-state index in [1.54, 1.807) is 0 Å². The number of fused-ring (bicyclic) bond motifs is 1. The van der Waals surface area contributed by atoms with Crippen molar-refractivity contribution in [2.75, 3.05) is 5.01 Å². The molecule has 3 aromatic carbocycles. The number of amides is 1. The van der Waals surface area contributed by atoms with E-state index in [0.717, 1.165) is 30.6 Å². The number of carbonyl (C=O) groups excluding carboxylic acids is 1. The number of hydrogen-bond donors (Lipinski definition) is 1. The zero-order valence-corrected chi connectivity index (χ0v) is 14.6. The lowest BCUT2D eigenvalue weighted by Crippen LogP contribution is -2.43. The van der Waals surface area contributed by atoms with Gasteiger partial charge in [-0.05, 0) is 54.7 Å². The maximum absolute atomic E-state index is 13.0. The number of aryl methyl sites for hydroxylation is 1. The number of anilines is 2. The summed E-state index contributed by atoms with van der Waals surface area (Å²) in [5.41, 5.74) is 7.71. The van der Waals surface area contributed by atoms with Gasteiger partial charge in [0, 0.05) is 5.92 Å². The minimum Gasteiger partial charge on any atom is -0.273 e. The number of nitrogens with zero attached hydrogens (tertiary/aromatic N) is 1. The predicted molar refractivity (Wildman–Crippen MR) is 105 cm³/mol. The molecule has 3 aromatic rings. The van der Waals surface area contributed by atoms with Crippen LogP contribution < -0.4 is 10.4 Å². The van der Waals surface area contributed by atoms with Crippen molar-refractivity contribution in [2.45, 2.75) is 19.3 Å². The van der Waals surface area contributed by atoms with Gasteiger partial charge in [-0.3, -0.25) is 15.2 Å². The molecule has 0 aromatic heterocycles. The van der Waals surface area contributed by atoms with E-state index in [1.165, 1.54) is 11.1 Å². The van der Waals surface area contributed by atoms with Gasteiger partial charge in [0.2, 0.25) is 5.91 Å². The minimum absolute atomic E-state index is 0.000163. The molecule has 0 aliphatic heterocycles. The Morgan fingerprint density at radius 3 is 1.92 bits per heavy atom. The van der Waals surface area contributed by atoms with E-state index in [-0.39, 0.29) is 11.8 Å². The smallest absolute Gasteiger partial charge is 0.242 e. The number of hydrogen-bond acceptors (Lipinski definition) is 2. The molecule has 0 fully saturated rings. The van der Waals surface area contributed by atoms with Crippen molar-refractivity contribution in [1.29, 1.82) is 0 Å². The van der Waals surface area contributed by atoms with Crippen LogP contribution in [0.25, 0.3) is 0 Å². The van der Waals surface area contributed by atoms with Crippen LogP contribution >= 0.6 is 0 Å². The molecule has 0 saturated carbocycles. The maximum atomic E-state index is 13.0. The van der Waals surface area contributed by atoms with Crippen LogP contribution in [0, 0.1) is 5.92 Å². The quantitative estimate of drug-likeness (QED) is 0.699. The van der Waals surface area contributed by atoms with Crippen molar-refractivity contribution in [1.82, 2.24) is 5.43 Å². The summed E-state index contributed by atoms with van der Waals surface area (Å²) in [4.78, 5) is 13.0. The van der Waals surface area contributed by atoms with E-state index in [0.29, 0.717) is 0 Å². The normalized spacial score (nSPS) is 15.8. The van der Waals surface area contributed by atoms with Gasteiger partial charge in [-0.2, -0.15) is 0 Å². The Kier molecular flexibility index (Phi) is 4.69.